The first-order chi connectivity index (χ1) is 9.41. The summed E-state index contributed by atoms with van der Waals surface area (Å²) in [5.41, 5.74) is -1.42. The molecule has 1 N–H and O–H groups in total. The molecule has 0 spiro atoms. The fraction of sp³-hybridized carbons (Fsp3) is 0.231. The van der Waals surface area contributed by atoms with E-state index in [-0.39, 0.29) is 21.4 Å². The number of rotatable bonds is 2. The molecule has 104 valence electrons. The first-order valence-electron chi connectivity index (χ1n) is 5.87. The van der Waals surface area contributed by atoms with Crippen molar-refractivity contribution in [3.8, 4) is 0 Å². The standard InChI is InChI=1S/C13H8BrF2NO3/c14-9-8(15)3-6-11(10(9)16)17(5-1-2-5)4-7(12(6)18)13(19)20/h3-5H,1-2H2,(H,19,20). The van der Waals surface area contributed by atoms with Gasteiger partial charge in [-0.1, -0.05) is 0 Å². The van der Waals surface area contributed by atoms with Crippen molar-refractivity contribution in [2.75, 3.05) is 0 Å². The maximum Gasteiger partial charge on any atom is 0.341 e. The monoisotopic (exact) mass is 343 g/mol. The Morgan fingerprint density at radius 3 is 2.60 bits per heavy atom. The van der Waals surface area contributed by atoms with Crippen molar-refractivity contribution in [2.45, 2.75) is 18.9 Å². The van der Waals surface area contributed by atoms with Crippen molar-refractivity contribution in [3.05, 3.63) is 44.2 Å². The molecule has 3 rings (SSSR count). The van der Waals surface area contributed by atoms with Gasteiger partial charge in [-0.25, -0.2) is 13.6 Å². The molecule has 1 aromatic heterocycles. The summed E-state index contributed by atoms with van der Waals surface area (Å²) < 4.78 is 28.9. The maximum atomic E-state index is 14.2. The van der Waals surface area contributed by atoms with Gasteiger partial charge in [0, 0.05) is 12.2 Å². The highest BCUT2D eigenvalue weighted by molar-refractivity contribution is 9.10. The summed E-state index contributed by atoms with van der Waals surface area (Å²) in [6.45, 7) is 0. The van der Waals surface area contributed by atoms with Gasteiger partial charge < -0.3 is 9.67 Å². The zero-order valence-electron chi connectivity index (χ0n) is 9.99. The SMILES string of the molecule is O=C(O)c1cn(C2CC2)c2c(F)c(Br)c(F)cc2c1=O. The van der Waals surface area contributed by atoms with Gasteiger partial charge in [0.15, 0.2) is 5.82 Å². The Kier molecular flexibility index (Phi) is 2.89. The van der Waals surface area contributed by atoms with Gasteiger partial charge in [0.05, 0.1) is 15.4 Å². The summed E-state index contributed by atoms with van der Waals surface area (Å²) >= 11 is 2.79. The van der Waals surface area contributed by atoms with E-state index in [1.165, 1.54) is 4.57 Å². The lowest BCUT2D eigenvalue weighted by atomic mass is 10.1. The summed E-state index contributed by atoms with van der Waals surface area (Å²) in [6, 6.07) is 0.818. The van der Waals surface area contributed by atoms with Gasteiger partial charge in [-0.2, -0.15) is 0 Å². The highest BCUT2D eigenvalue weighted by atomic mass is 79.9. The molecule has 4 nitrogen and oxygen atoms in total. The Labute approximate surface area is 119 Å². The number of carboxylic acid groups (broad SMARTS) is 1. The van der Waals surface area contributed by atoms with E-state index in [9.17, 15) is 18.4 Å². The van der Waals surface area contributed by atoms with Crippen molar-refractivity contribution >= 4 is 32.8 Å². The zero-order chi connectivity index (χ0) is 14.6. The minimum Gasteiger partial charge on any atom is -0.477 e. The maximum absolute atomic E-state index is 14.2. The minimum atomic E-state index is -1.41. The molecule has 1 fully saturated rings. The highest BCUT2D eigenvalue weighted by Crippen LogP contribution is 2.38. The van der Waals surface area contributed by atoms with Crippen LogP contribution in [0.25, 0.3) is 10.9 Å². The van der Waals surface area contributed by atoms with E-state index < -0.39 is 28.6 Å². The number of fused-ring (bicyclic) bond motifs is 1. The lowest BCUT2D eigenvalue weighted by molar-refractivity contribution is 0.0695. The van der Waals surface area contributed by atoms with Crippen LogP contribution < -0.4 is 5.43 Å². The number of carboxylic acids is 1. The van der Waals surface area contributed by atoms with Crippen LogP contribution in [0, 0.1) is 11.6 Å². The van der Waals surface area contributed by atoms with Crippen LogP contribution in [-0.2, 0) is 0 Å². The second-order valence-corrected chi connectivity index (χ2v) is 5.49. The molecule has 1 aliphatic rings. The predicted molar refractivity (Wildman–Crippen MR) is 71.1 cm³/mol. The Balaban J connectivity index is 2.52. The molecule has 0 radical (unpaired) electrons. The van der Waals surface area contributed by atoms with E-state index in [1.807, 2.05) is 0 Å². The van der Waals surface area contributed by atoms with Crippen molar-refractivity contribution < 1.29 is 18.7 Å². The normalized spacial score (nSPS) is 14.8. The third-order valence-electron chi connectivity index (χ3n) is 3.32. The first kappa shape index (κ1) is 13.2. The van der Waals surface area contributed by atoms with Gasteiger partial charge in [-0.15, -0.1) is 0 Å². The smallest absolute Gasteiger partial charge is 0.341 e. The third kappa shape index (κ3) is 1.84. The molecule has 0 aliphatic heterocycles. The molecule has 1 aromatic carbocycles. The lowest BCUT2D eigenvalue weighted by Gasteiger charge is -2.13. The van der Waals surface area contributed by atoms with Crippen LogP contribution in [0.3, 0.4) is 0 Å². The molecule has 7 heteroatoms. The average Bonchev–Trinajstić information content (AvgIpc) is 3.21. The number of halogens is 3. The molecule has 1 saturated carbocycles. The predicted octanol–water partition coefficient (Wildman–Crippen LogP) is 3.08. The van der Waals surface area contributed by atoms with Crippen LogP contribution in [0.4, 0.5) is 8.78 Å². The van der Waals surface area contributed by atoms with Gasteiger partial charge in [-0.05, 0) is 34.8 Å². The summed E-state index contributed by atoms with van der Waals surface area (Å²) in [7, 11) is 0. The number of hydrogen-bond acceptors (Lipinski definition) is 2. The fourth-order valence-electron chi connectivity index (χ4n) is 2.21. The molecule has 0 amide bonds. The summed E-state index contributed by atoms with van der Waals surface area (Å²) in [6.07, 6.45) is 2.68. The topological polar surface area (TPSA) is 59.3 Å². The van der Waals surface area contributed by atoms with Gasteiger partial charge in [0.25, 0.3) is 0 Å². The minimum absolute atomic E-state index is 0.0527. The van der Waals surface area contributed by atoms with Crippen LogP contribution in [0.1, 0.15) is 29.2 Å². The number of hydrogen-bond donors (Lipinski definition) is 1. The Morgan fingerprint density at radius 2 is 2.05 bits per heavy atom. The van der Waals surface area contributed by atoms with Gasteiger partial charge in [0.1, 0.15) is 11.4 Å². The van der Waals surface area contributed by atoms with Gasteiger partial charge in [0.2, 0.25) is 5.43 Å². The molecule has 20 heavy (non-hydrogen) atoms. The van der Waals surface area contributed by atoms with Crippen LogP contribution in [-0.4, -0.2) is 15.6 Å². The summed E-state index contributed by atoms with van der Waals surface area (Å²) in [4.78, 5) is 23.1. The molecule has 1 heterocycles. The van der Waals surface area contributed by atoms with E-state index in [0.717, 1.165) is 25.1 Å². The Morgan fingerprint density at radius 1 is 1.40 bits per heavy atom. The fourth-order valence-corrected chi connectivity index (χ4v) is 2.51. The first-order valence-corrected chi connectivity index (χ1v) is 6.66. The molecule has 0 saturated heterocycles. The Bertz CT molecular complexity index is 812. The number of nitrogens with zero attached hydrogens (tertiary/aromatic N) is 1. The average molecular weight is 344 g/mol. The highest BCUT2D eigenvalue weighted by Gasteiger charge is 2.29. The van der Waals surface area contributed by atoms with Crippen LogP contribution in [0.5, 0.6) is 0 Å². The number of benzene rings is 1. The van der Waals surface area contributed by atoms with Crippen LogP contribution in [0.2, 0.25) is 0 Å². The Hall–Kier alpha value is -1.76. The molecule has 0 unspecified atom stereocenters. The van der Waals surface area contributed by atoms with E-state index in [2.05, 4.69) is 15.9 Å². The molecule has 0 bridgehead atoms. The molecule has 2 aromatic rings. The second-order valence-electron chi connectivity index (χ2n) is 4.70. The molecule has 1 aliphatic carbocycles. The number of carbonyl (C=O) groups is 1. The summed E-state index contributed by atoms with van der Waals surface area (Å²) in [5, 5.41) is 8.78. The van der Waals surface area contributed by atoms with E-state index in [1.54, 1.807) is 0 Å². The quantitative estimate of drug-likeness (QED) is 0.852. The molecular weight excluding hydrogens is 336 g/mol. The second kappa shape index (κ2) is 4.37. The van der Waals surface area contributed by atoms with E-state index in [0.29, 0.717) is 0 Å². The summed E-state index contributed by atoms with van der Waals surface area (Å²) in [5.74, 6) is -3.23. The third-order valence-corrected chi connectivity index (χ3v) is 4.05. The molecule has 0 atom stereocenters. The number of pyridine rings is 1. The van der Waals surface area contributed by atoms with Crippen molar-refractivity contribution in [2.24, 2.45) is 0 Å². The van der Waals surface area contributed by atoms with E-state index in [4.69, 9.17) is 5.11 Å². The zero-order valence-corrected chi connectivity index (χ0v) is 11.6. The van der Waals surface area contributed by atoms with Gasteiger partial charge in [-0.3, -0.25) is 4.79 Å². The van der Waals surface area contributed by atoms with Gasteiger partial charge >= 0.3 is 5.97 Å². The van der Waals surface area contributed by atoms with E-state index >= 15 is 0 Å². The van der Waals surface area contributed by atoms with Crippen LogP contribution >= 0.6 is 15.9 Å². The largest absolute Gasteiger partial charge is 0.477 e. The van der Waals surface area contributed by atoms with Crippen molar-refractivity contribution in [1.29, 1.82) is 0 Å². The van der Waals surface area contributed by atoms with Crippen molar-refractivity contribution in [1.82, 2.24) is 4.57 Å². The number of aromatic nitrogens is 1. The molecular formula is C13H8BrF2NO3. The lowest BCUT2D eigenvalue weighted by Crippen LogP contribution is -2.19. The van der Waals surface area contributed by atoms with Crippen molar-refractivity contribution in [3.63, 3.8) is 0 Å². The number of aromatic carboxylic acids is 1. The van der Waals surface area contributed by atoms with Crippen LogP contribution in [0.15, 0.2) is 21.5 Å².